The summed E-state index contributed by atoms with van der Waals surface area (Å²) in [5.74, 6) is 2.60. The van der Waals surface area contributed by atoms with E-state index < -0.39 is 0 Å². The van der Waals surface area contributed by atoms with E-state index in [0.717, 1.165) is 78.1 Å². The second kappa shape index (κ2) is 5.57. The van der Waals surface area contributed by atoms with Gasteiger partial charge < -0.3 is 4.74 Å². The van der Waals surface area contributed by atoms with E-state index in [4.69, 9.17) is 4.74 Å². The number of aryl methyl sites for hydroxylation is 1. The van der Waals surface area contributed by atoms with E-state index in [2.05, 4.69) is 72.9 Å². The number of quaternary nitrogens is 1. The molecule has 0 saturated carbocycles. The molecule has 8 aromatic rings. The van der Waals surface area contributed by atoms with Crippen molar-refractivity contribution in [3.8, 4) is 22.9 Å². The molecule has 3 aliphatic rings. The highest BCUT2D eigenvalue weighted by atomic mass is 16.5. The predicted octanol–water partition coefficient (Wildman–Crippen LogP) is 4.62. The molecule has 1 spiro atoms. The minimum Gasteiger partial charge on any atom is -0.444 e. The number of nitrogens with zero attached hydrogens (tertiary/aromatic N) is 6. The molecule has 8 heterocycles. The van der Waals surface area contributed by atoms with Gasteiger partial charge in [-0.15, -0.1) is 0 Å². The van der Waals surface area contributed by atoms with E-state index >= 15 is 0 Å². The fraction of sp³-hybridized carbons (Fsp3) is 0.0323. The molecule has 0 bridgehead atoms. The van der Waals surface area contributed by atoms with E-state index in [1.54, 1.807) is 0 Å². The Kier molecular flexibility index (Phi) is 2.69. The summed E-state index contributed by atoms with van der Waals surface area (Å²) in [5.41, 5.74) is 8.07. The number of fused-ring (bicyclic) bond motifs is 5. The lowest BCUT2D eigenvalue weighted by Crippen LogP contribution is -2.83. The Morgan fingerprint density at radius 1 is 0.846 bits per heavy atom. The lowest BCUT2D eigenvalue weighted by molar-refractivity contribution is -1.01. The van der Waals surface area contributed by atoms with Gasteiger partial charge in [0.15, 0.2) is 23.0 Å². The van der Waals surface area contributed by atoms with Crippen molar-refractivity contribution in [2.75, 3.05) is 0 Å². The highest BCUT2D eigenvalue weighted by Crippen LogP contribution is 2.59. The number of para-hydroxylation sites is 2. The molecule has 8 nitrogen and oxygen atoms in total. The van der Waals surface area contributed by atoms with E-state index in [9.17, 15) is 4.79 Å². The fourth-order valence-corrected chi connectivity index (χ4v) is 7.80. The summed E-state index contributed by atoms with van der Waals surface area (Å²) in [6, 6.07) is 22.6. The predicted molar refractivity (Wildman–Crippen MR) is 146 cm³/mol. The average Bonchev–Trinajstić information content (AvgIpc) is 3.58. The Hall–Kier alpha value is -5.34. The molecule has 3 aliphatic heterocycles. The molecule has 39 heavy (non-hydrogen) atoms. The van der Waals surface area contributed by atoms with Gasteiger partial charge in [-0.2, -0.15) is 4.40 Å². The van der Waals surface area contributed by atoms with Crippen molar-refractivity contribution in [2.24, 2.45) is 7.05 Å². The molecule has 1 atom stereocenters. The molecular formula is C31H17N6O2+3. The van der Waals surface area contributed by atoms with Gasteiger partial charge in [0.05, 0.1) is 34.1 Å². The van der Waals surface area contributed by atoms with Crippen molar-refractivity contribution in [3.05, 3.63) is 95.5 Å². The standard InChI is InChI=1S/C31H17N6O2/c1-33-21-12-13-32-15-22(21)36-30(33)20-7-3-9-23-27(20)37(36)28-24(39-23)11-10-19-26(28)35-25-16(5-2-6-18(25)29(19)38)17-8-4-14-34(37)31(17)35/h2-15H,1H3/q+3. The summed E-state index contributed by atoms with van der Waals surface area (Å²) in [6.45, 7) is 0. The van der Waals surface area contributed by atoms with Gasteiger partial charge in [0.25, 0.3) is 11.2 Å². The van der Waals surface area contributed by atoms with Crippen LogP contribution < -0.4 is 24.2 Å². The molecule has 11 rings (SSSR count). The first-order valence-corrected chi connectivity index (χ1v) is 13.0. The third-order valence-corrected chi connectivity index (χ3v) is 9.11. The number of rotatable bonds is 0. The number of benzene rings is 3. The second-order valence-corrected chi connectivity index (χ2v) is 10.7. The Balaban J connectivity index is 1.56. The third kappa shape index (κ3) is 1.64. The van der Waals surface area contributed by atoms with Crippen LogP contribution >= 0.6 is 0 Å². The summed E-state index contributed by atoms with van der Waals surface area (Å²) in [6.07, 6.45) is 5.94. The Bertz CT molecular complexity index is 2580. The quantitative estimate of drug-likeness (QED) is 0.172. The average molecular weight is 506 g/mol. The molecule has 8 heteroatoms. The van der Waals surface area contributed by atoms with E-state index in [1.807, 2.05) is 42.7 Å². The summed E-state index contributed by atoms with van der Waals surface area (Å²) in [7, 11) is 2.11. The topological polar surface area (TPSA) is 56.3 Å². The number of pyridine rings is 3. The van der Waals surface area contributed by atoms with Crippen LogP contribution in [0.5, 0.6) is 11.5 Å². The summed E-state index contributed by atoms with van der Waals surface area (Å²) < 4.78 is 16.1. The number of hydrogen-bond donors (Lipinski definition) is 0. The van der Waals surface area contributed by atoms with Crippen LogP contribution in [0.1, 0.15) is 0 Å². The fourth-order valence-electron chi connectivity index (χ4n) is 7.80. The third-order valence-electron chi connectivity index (χ3n) is 9.11. The molecule has 0 radical (unpaired) electrons. The van der Waals surface area contributed by atoms with Gasteiger partial charge in [0, 0.05) is 22.3 Å². The normalized spacial score (nSPS) is 17.8. The van der Waals surface area contributed by atoms with Gasteiger partial charge in [-0.25, -0.2) is 4.57 Å². The molecule has 0 saturated heterocycles. The maximum Gasteiger partial charge on any atom is 0.352 e. The van der Waals surface area contributed by atoms with Gasteiger partial charge in [0.2, 0.25) is 16.7 Å². The summed E-state index contributed by atoms with van der Waals surface area (Å²) >= 11 is 0. The first kappa shape index (κ1) is 18.8. The van der Waals surface area contributed by atoms with Gasteiger partial charge >= 0.3 is 17.2 Å². The second-order valence-electron chi connectivity index (χ2n) is 10.7. The first-order chi connectivity index (χ1) is 19.2. The maximum atomic E-state index is 14.1. The van der Waals surface area contributed by atoms with E-state index in [0.29, 0.717) is 5.39 Å². The highest BCUT2D eigenvalue weighted by Gasteiger charge is 2.68. The Morgan fingerprint density at radius 3 is 2.62 bits per heavy atom. The molecule has 0 fully saturated rings. The van der Waals surface area contributed by atoms with Gasteiger partial charge in [0.1, 0.15) is 5.56 Å². The van der Waals surface area contributed by atoms with Crippen LogP contribution in [0, 0.1) is 0 Å². The first-order valence-electron chi connectivity index (χ1n) is 13.0. The Morgan fingerprint density at radius 2 is 1.67 bits per heavy atom. The van der Waals surface area contributed by atoms with Crippen molar-refractivity contribution in [2.45, 2.75) is 0 Å². The van der Waals surface area contributed by atoms with Crippen LogP contribution in [0.3, 0.4) is 0 Å². The van der Waals surface area contributed by atoms with Gasteiger partial charge in [-0.05, 0) is 53.2 Å². The smallest absolute Gasteiger partial charge is 0.352 e. The molecule has 5 aromatic heterocycles. The SMILES string of the molecule is Cn1c2[n+](c3cnccc31)[N+]13c4c(cccc4-2)Oc2ccc4c(=O)c5cccc6c7ccc[n+]1c7n(c4c23)c56. The largest absolute Gasteiger partial charge is 0.444 e. The molecular weight excluding hydrogens is 488 g/mol. The zero-order chi connectivity index (χ0) is 25.4. The molecule has 0 amide bonds. The van der Waals surface area contributed by atoms with Crippen molar-refractivity contribution >= 4 is 60.6 Å². The molecule has 0 aliphatic carbocycles. The van der Waals surface area contributed by atoms with Crippen LogP contribution in [0.25, 0.3) is 60.6 Å². The van der Waals surface area contributed by atoms with Crippen LogP contribution in [0.15, 0.2) is 90.1 Å². The molecule has 180 valence electrons. The lowest BCUT2D eigenvalue weighted by Gasteiger charge is -2.32. The molecule has 3 aromatic carbocycles. The van der Waals surface area contributed by atoms with Crippen LogP contribution in [0.2, 0.25) is 0 Å². The van der Waals surface area contributed by atoms with Crippen molar-refractivity contribution in [3.63, 3.8) is 0 Å². The molecule has 1 unspecified atom stereocenters. The zero-order valence-corrected chi connectivity index (χ0v) is 20.6. The van der Waals surface area contributed by atoms with E-state index in [1.165, 1.54) is 0 Å². The van der Waals surface area contributed by atoms with Crippen LogP contribution in [-0.4, -0.2) is 14.0 Å². The van der Waals surface area contributed by atoms with Crippen LogP contribution in [0.4, 0.5) is 11.4 Å². The highest BCUT2D eigenvalue weighted by molar-refractivity contribution is 6.17. The maximum absolute atomic E-state index is 14.1. The number of imidazole rings is 1. The number of aromatic nitrogens is 5. The minimum absolute atomic E-state index is 0.0448. The zero-order valence-electron chi connectivity index (χ0n) is 20.6. The van der Waals surface area contributed by atoms with Crippen LogP contribution in [-0.2, 0) is 7.05 Å². The van der Waals surface area contributed by atoms with Crippen molar-refractivity contribution in [1.29, 1.82) is 0 Å². The van der Waals surface area contributed by atoms with Gasteiger partial charge in [-0.1, -0.05) is 12.1 Å². The summed E-state index contributed by atoms with van der Waals surface area (Å²) in [5, 5.41) is 3.61. The minimum atomic E-state index is 0.0448. The Labute approximate surface area is 218 Å². The summed E-state index contributed by atoms with van der Waals surface area (Å²) in [4.78, 5) is 18.7. The number of hydrogen-bond acceptors (Lipinski definition) is 3. The van der Waals surface area contributed by atoms with Crippen molar-refractivity contribution < 1.29 is 14.1 Å². The van der Waals surface area contributed by atoms with Crippen molar-refractivity contribution in [1.82, 2.24) is 18.7 Å². The van der Waals surface area contributed by atoms with E-state index in [-0.39, 0.29) is 10.1 Å². The monoisotopic (exact) mass is 505 g/mol. The molecule has 0 N–H and O–H groups in total. The lowest BCUT2D eigenvalue weighted by atomic mass is 10.0. The number of ether oxygens (including phenoxy) is 1. The van der Waals surface area contributed by atoms with Gasteiger partial charge in [-0.3, -0.25) is 9.78 Å².